The maximum absolute atomic E-state index is 12.8. The topological polar surface area (TPSA) is 38.3 Å². The van der Waals surface area contributed by atoms with Crippen molar-refractivity contribution in [3.63, 3.8) is 0 Å². The number of carbonyl (C=O) groups is 1. The van der Waals surface area contributed by atoms with E-state index in [9.17, 15) is 18.0 Å². The van der Waals surface area contributed by atoms with E-state index in [2.05, 4.69) is 5.32 Å². The number of anilines is 1. The van der Waals surface area contributed by atoms with E-state index in [0.717, 1.165) is 49.4 Å². The summed E-state index contributed by atoms with van der Waals surface area (Å²) in [4.78, 5) is 12.1. The molecule has 138 valence electrons. The van der Waals surface area contributed by atoms with Gasteiger partial charge in [-0.05, 0) is 61.1 Å². The zero-order chi connectivity index (χ0) is 18.7. The first kappa shape index (κ1) is 18.6. The lowest BCUT2D eigenvalue weighted by Gasteiger charge is -2.19. The highest BCUT2D eigenvalue weighted by atomic mass is 35.5. The molecule has 1 amide bonds. The van der Waals surface area contributed by atoms with Gasteiger partial charge in [-0.2, -0.15) is 13.2 Å². The van der Waals surface area contributed by atoms with E-state index in [0.29, 0.717) is 5.75 Å². The van der Waals surface area contributed by atoms with Crippen LogP contribution in [-0.4, -0.2) is 12.5 Å². The Balaban J connectivity index is 1.67. The third kappa shape index (κ3) is 4.30. The zero-order valence-electron chi connectivity index (χ0n) is 13.8. The molecule has 3 nitrogen and oxygen atoms in total. The fraction of sp³-hybridized carbons (Fsp3) is 0.316. The average molecular weight is 384 g/mol. The molecule has 0 radical (unpaired) electrons. The molecule has 7 heteroatoms. The summed E-state index contributed by atoms with van der Waals surface area (Å²) in [6.45, 7) is -0.303. The molecule has 0 aliphatic heterocycles. The minimum atomic E-state index is -4.51. The maximum Gasteiger partial charge on any atom is 0.416 e. The fourth-order valence-electron chi connectivity index (χ4n) is 3.01. The van der Waals surface area contributed by atoms with Gasteiger partial charge in [0.2, 0.25) is 0 Å². The Hall–Kier alpha value is -2.21. The molecule has 0 bridgehead atoms. The zero-order valence-corrected chi connectivity index (χ0v) is 14.6. The number of benzene rings is 2. The fourth-order valence-corrected chi connectivity index (χ4v) is 3.17. The van der Waals surface area contributed by atoms with Crippen LogP contribution in [0.3, 0.4) is 0 Å². The van der Waals surface area contributed by atoms with Gasteiger partial charge in [-0.1, -0.05) is 23.7 Å². The predicted molar refractivity (Wildman–Crippen MR) is 93.7 cm³/mol. The first-order valence-corrected chi connectivity index (χ1v) is 8.62. The van der Waals surface area contributed by atoms with Crippen LogP contribution in [0.2, 0.25) is 5.02 Å². The molecular weight excluding hydrogens is 367 g/mol. The molecule has 0 saturated carbocycles. The summed E-state index contributed by atoms with van der Waals surface area (Å²) in [5.41, 5.74) is 1.35. The number of fused-ring (bicyclic) bond motifs is 1. The minimum absolute atomic E-state index is 0.0310. The minimum Gasteiger partial charge on any atom is -0.483 e. The van der Waals surface area contributed by atoms with Gasteiger partial charge in [0.15, 0.2) is 6.61 Å². The Morgan fingerprint density at radius 2 is 1.92 bits per heavy atom. The van der Waals surface area contributed by atoms with E-state index in [1.165, 1.54) is 5.56 Å². The van der Waals surface area contributed by atoms with Crippen LogP contribution in [0.1, 0.15) is 29.5 Å². The van der Waals surface area contributed by atoms with Crippen LogP contribution in [0.25, 0.3) is 0 Å². The maximum atomic E-state index is 12.8. The summed E-state index contributed by atoms with van der Waals surface area (Å²) in [6, 6.07) is 8.50. The Morgan fingerprint density at radius 1 is 1.15 bits per heavy atom. The van der Waals surface area contributed by atoms with Crippen molar-refractivity contribution in [2.45, 2.75) is 31.9 Å². The van der Waals surface area contributed by atoms with Crippen LogP contribution in [0.4, 0.5) is 18.9 Å². The van der Waals surface area contributed by atoms with Crippen LogP contribution in [-0.2, 0) is 23.8 Å². The van der Waals surface area contributed by atoms with E-state index >= 15 is 0 Å². The van der Waals surface area contributed by atoms with E-state index in [4.69, 9.17) is 16.3 Å². The molecule has 0 saturated heterocycles. The van der Waals surface area contributed by atoms with Crippen LogP contribution in [0.15, 0.2) is 36.4 Å². The average Bonchev–Trinajstić information content (AvgIpc) is 2.61. The first-order chi connectivity index (χ1) is 12.3. The molecule has 26 heavy (non-hydrogen) atoms. The van der Waals surface area contributed by atoms with Crippen molar-refractivity contribution in [2.75, 3.05) is 11.9 Å². The third-order valence-electron chi connectivity index (χ3n) is 4.28. The standard InChI is InChI=1S/C19H17ClF3NO2/c20-15-9-8-13(19(21,22)23)10-16(15)24-18(25)11-26-17-7-3-5-12-4-1-2-6-14(12)17/h3,5,7-10H,1-2,4,6,11H2,(H,24,25). The summed E-state index contributed by atoms with van der Waals surface area (Å²) < 4.78 is 44.0. The second-order valence-corrected chi connectivity index (χ2v) is 6.54. The molecule has 1 aliphatic rings. The highest BCUT2D eigenvalue weighted by molar-refractivity contribution is 6.33. The van der Waals surface area contributed by atoms with Gasteiger partial charge in [0.05, 0.1) is 16.3 Å². The smallest absolute Gasteiger partial charge is 0.416 e. The quantitative estimate of drug-likeness (QED) is 0.782. The normalized spacial score (nSPS) is 13.8. The second-order valence-electron chi connectivity index (χ2n) is 6.13. The van der Waals surface area contributed by atoms with Crippen LogP contribution < -0.4 is 10.1 Å². The van der Waals surface area contributed by atoms with Crippen molar-refractivity contribution in [3.05, 3.63) is 58.1 Å². The lowest BCUT2D eigenvalue weighted by atomic mass is 9.91. The van der Waals surface area contributed by atoms with E-state index in [1.807, 2.05) is 12.1 Å². The molecule has 1 aliphatic carbocycles. The number of nitrogens with one attached hydrogen (secondary N) is 1. The Labute approximate surface area is 154 Å². The van der Waals surface area contributed by atoms with Crippen molar-refractivity contribution < 1.29 is 22.7 Å². The number of amides is 1. The van der Waals surface area contributed by atoms with Gasteiger partial charge in [0.25, 0.3) is 5.91 Å². The van der Waals surface area contributed by atoms with Crippen LogP contribution >= 0.6 is 11.6 Å². The molecule has 0 atom stereocenters. The highest BCUT2D eigenvalue weighted by Gasteiger charge is 2.31. The number of halogens is 4. The van der Waals surface area contributed by atoms with Gasteiger partial charge >= 0.3 is 6.18 Å². The molecule has 0 aromatic heterocycles. The van der Waals surface area contributed by atoms with Gasteiger partial charge in [-0.15, -0.1) is 0 Å². The monoisotopic (exact) mass is 383 g/mol. The summed E-state index contributed by atoms with van der Waals surface area (Å²) in [6.07, 6.45) is -0.431. The Bertz CT molecular complexity index is 821. The Morgan fingerprint density at radius 3 is 2.69 bits per heavy atom. The first-order valence-electron chi connectivity index (χ1n) is 8.25. The van der Waals surface area contributed by atoms with Crippen molar-refractivity contribution in [1.29, 1.82) is 0 Å². The van der Waals surface area contributed by atoms with Crippen molar-refractivity contribution in [1.82, 2.24) is 0 Å². The van der Waals surface area contributed by atoms with Crippen molar-refractivity contribution in [2.24, 2.45) is 0 Å². The third-order valence-corrected chi connectivity index (χ3v) is 4.61. The van der Waals surface area contributed by atoms with Crippen molar-refractivity contribution >= 4 is 23.2 Å². The van der Waals surface area contributed by atoms with Crippen molar-refractivity contribution in [3.8, 4) is 5.75 Å². The van der Waals surface area contributed by atoms with Gasteiger partial charge in [-0.3, -0.25) is 4.79 Å². The lowest BCUT2D eigenvalue weighted by molar-refractivity contribution is -0.137. The summed E-state index contributed by atoms with van der Waals surface area (Å²) in [7, 11) is 0. The Kier molecular flexibility index (Phi) is 5.41. The molecule has 1 N–H and O–H groups in total. The molecular formula is C19H17ClF3NO2. The molecule has 0 spiro atoms. The lowest BCUT2D eigenvalue weighted by Crippen LogP contribution is -2.21. The number of aryl methyl sites for hydroxylation is 1. The number of carbonyl (C=O) groups excluding carboxylic acids is 1. The summed E-state index contributed by atoms with van der Waals surface area (Å²) >= 11 is 5.88. The number of hydrogen-bond donors (Lipinski definition) is 1. The van der Waals surface area contributed by atoms with E-state index in [1.54, 1.807) is 6.07 Å². The van der Waals surface area contributed by atoms with E-state index < -0.39 is 17.6 Å². The summed E-state index contributed by atoms with van der Waals surface area (Å²) in [5.74, 6) is 0.0760. The predicted octanol–water partition coefficient (Wildman–Crippen LogP) is 5.26. The van der Waals surface area contributed by atoms with Gasteiger partial charge < -0.3 is 10.1 Å². The highest BCUT2D eigenvalue weighted by Crippen LogP contribution is 2.34. The molecule has 0 heterocycles. The molecule has 0 unspecified atom stereocenters. The number of ether oxygens (including phenoxy) is 1. The SMILES string of the molecule is O=C(COc1cccc2c1CCCC2)Nc1cc(C(F)(F)F)ccc1Cl. The van der Waals surface area contributed by atoms with Gasteiger partial charge in [0.1, 0.15) is 5.75 Å². The molecule has 3 rings (SSSR count). The number of rotatable bonds is 4. The number of alkyl halides is 3. The molecule has 2 aromatic rings. The second kappa shape index (κ2) is 7.58. The van der Waals surface area contributed by atoms with Gasteiger partial charge in [-0.25, -0.2) is 0 Å². The number of hydrogen-bond acceptors (Lipinski definition) is 2. The van der Waals surface area contributed by atoms with E-state index in [-0.39, 0.29) is 17.3 Å². The molecule has 2 aromatic carbocycles. The van der Waals surface area contributed by atoms with Crippen LogP contribution in [0, 0.1) is 0 Å². The molecule has 0 fully saturated rings. The van der Waals surface area contributed by atoms with Crippen LogP contribution in [0.5, 0.6) is 5.75 Å². The van der Waals surface area contributed by atoms with Gasteiger partial charge in [0, 0.05) is 0 Å². The summed E-state index contributed by atoms with van der Waals surface area (Å²) in [5, 5.41) is 2.41. The largest absolute Gasteiger partial charge is 0.483 e.